The van der Waals surface area contributed by atoms with Crippen LogP contribution in [0.25, 0.3) is 0 Å². The van der Waals surface area contributed by atoms with Crippen molar-refractivity contribution in [3.8, 4) is 5.75 Å². The predicted octanol–water partition coefficient (Wildman–Crippen LogP) is 3.35. The Hall–Kier alpha value is -1.89. The van der Waals surface area contributed by atoms with Gasteiger partial charge in [0.25, 0.3) is 0 Å². The minimum Gasteiger partial charge on any atom is -0.426 e. The first kappa shape index (κ1) is 17.9. The van der Waals surface area contributed by atoms with Crippen LogP contribution in [0.2, 0.25) is 5.02 Å². The number of esters is 1. The monoisotopic (exact) mass is 379 g/mol. The molecule has 1 aliphatic heterocycles. The largest absolute Gasteiger partial charge is 0.426 e. The molecule has 7 heteroatoms. The average molecular weight is 380 g/mol. The zero-order valence-electron chi connectivity index (χ0n) is 13.5. The molecule has 1 saturated heterocycles. The van der Waals surface area contributed by atoms with Crippen molar-refractivity contribution in [2.75, 3.05) is 13.1 Å². The lowest BCUT2D eigenvalue weighted by Crippen LogP contribution is -2.41. The molecule has 5 nitrogen and oxygen atoms in total. The Morgan fingerprint density at radius 2 is 1.60 bits per heavy atom. The summed E-state index contributed by atoms with van der Waals surface area (Å²) in [5.74, 6) is -0.102. The molecule has 1 aliphatic rings. The highest BCUT2D eigenvalue weighted by Crippen LogP contribution is 2.26. The van der Waals surface area contributed by atoms with Crippen molar-refractivity contribution < 1.29 is 17.9 Å². The molecule has 0 unspecified atom stereocenters. The van der Waals surface area contributed by atoms with Crippen molar-refractivity contribution in [3.05, 3.63) is 59.6 Å². The second kappa shape index (κ2) is 7.56. The molecule has 0 bridgehead atoms. The Morgan fingerprint density at radius 1 is 1.00 bits per heavy atom. The minimum absolute atomic E-state index is 0.210. The van der Waals surface area contributed by atoms with Gasteiger partial charge in [0.15, 0.2) is 0 Å². The Bertz CT molecular complexity index is 829. The Kier molecular flexibility index (Phi) is 5.42. The molecule has 0 N–H and O–H groups in total. The first-order chi connectivity index (χ1) is 12.0. The molecule has 3 rings (SSSR count). The maximum absolute atomic E-state index is 12.6. The molecule has 0 aromatic heterocycles. The maximum Gasteiger partial charge on any atom is 0.314 e. The summed E-state index contributed by atoms with van der Waals surface area (Å²) in [6.07, 6.45) is 0.886. The van der Waals surface area contributed by atoms with Crippen LogP contribution in [-0.4, -0.2) is 31.8 Å². The fraction of sp³-hybridized carbons (Fsp3) is 0.278. The van der Waals surface area contributed by atoms with Crippen molar-refractivity contribution in [1.82, 2.24) is 4.31 Å². The van der Waals surface area contributed by atoms with Gasteiger partial charge in [-0.15, -0.1) is 0 Å². The molecule has 132 valence electrons. The number of benzene rings is 2. The number of rotatable bonds is 4. The van der Waals surface area contributed by atoms with Gasteiger partial charge in [0, 0.05) is 18.1 Å². The normalized spacial score (nSPS) is 16.5. The van der Waals surface area contributed by atoms with Gasteiger partial charge in [0.2, 0.25) is 10.0 Å². The van der Waals surface area contributed by atoms with Crippen LogP contribution in [0.15, 0.2) is 59.5 Å². The van der Waals surface area contributed by atoms with Crippen molar-refractivity contribution in [2.24, 2.45) is 5.92 Å². The molecule has 0 spiro atoms. The molecule has 0 radical (unpaired) electrons. The number of sulfonamides is 1. The second-order valence-electron chi connectivity index (χ2n) is 5.87. The summed E-state index contributed by atoms with van der Waals surface area (Å²) in [7, 11) is -3.56. The number of nitrogens with zero attached hydrogens (tertiary/aromatic N) is 1. The van der Waals surface area contributed by atoms with E-state index in [4.69, 9.17) is 16.3 Å². The third-order valence-electron chi connectivity index (χ3n) is 4.20. The standard InChI is InChI=1S/C18H18ClNO4S/c19-15-6-8-17(9-7-15)25(22,23)20-12-10-14(11-13-20)18(21)24-16-4-2-1-3-5-16/h1-9,14H,10-13H2. The summed E-state index contributed by atoms with van der Waals surface area (Å²) < 4.78 is 32.0. The number of hydrogen-bond donors (Lipinski definition) is 0. The number of para-hydroxylation sites is 1. The molecule has 0 aliphatic carbocycles. The highest BCUT2D eigenvalue weighted by molar-refractivity contribution is 7.89. The quantitative estimate of drug-likeness (QED) is 0.603. The van der Waals surface area contributed by atoms with Gasteiger partial charge in [-0.05, 0) is 49.2 Å². The molecular formula is C18H18ClNO4S. The van der Waals surface area contributed by atoms with Crippen molar-refractivity contribution in [1.29, 1.82) is 0 Å². The third kappa shape index (κ3) is 4.21. The van der Waals surface area contributed by atoms with Gasteiger partial charge in [0.1, 0.15) is 5.75 Å². The predicted molar refractivity (Wildman–Crippen MR) is 95.0 cm³/mol. The van der Waals surface area contributed by atoms with Crippen LogP contribution in [0.1, 0.15) is 12.8 Å². The van der Waals surface area contributed by atoms with Crippen molar-refractivity contribution in [3.63, 3.8) is 0 Å². The van der Waals surface area contributed by atoms with E-state index in [1.54, 1.807) is 36.4 Å². The average Bonchev–Trinajstić information content (AvgIpc) is 2.63. The molecule has 2 aromatic carbocycles. The molecule has 2 aromatic rings. The Morgan fingerprint density at radius 3 is 2.20 bits per heavy atom. The number of ether oxygens (including phenoxy) is 1. The van der Waals surface area contributed by atoms with Crippen LogP contribution in [-0.2, 0) is 14.8 Å². The summed E-state index contributed by atoms with van der Waals surface area (Å²) >= 11 is 5.81. The van der Waals surface area contributed by atoms with E-state index < -0.39 is 10.0 Å². The van der Waals surface area contributed by atoms with Gasteiger partial charge < -0.3 is 4.74 Å². The number of carbonyl (C=O) groups excluding carboxylic acids is 1. The van der Waals surface area contributed by atoms with Gasteiger partial charge in [0.05, 0.1) is 10.8 Å². The van der Waals surface area contributed by atoms with E-state index in [0.717, 1.165) is 0 Å². The smallest absolute Gasteiger partial charge is 0.314 e. The van der Waals surface area contributed by atoms with E-state index in [1.807, 2.05) is 6.07 Å². The summed E-state index contributed by atoms with van der Waals surface area (Å²) in [6.45, 7) is 0.582. The van der Waals surface area contributed by atoms with Crippen LogP contribution in [0, 0.1) is 5.92 Å². The van der Waals surface area contributed by atoms with E-state index in [-0.39, 0.29) is 16.8 Å². The van der Waals surface area contributed by atoms with Gasteiger partial charge in [-0.1, -0.05) is 29.8 Å². The lowest BCUT2D eigenvalue weighted by atomic mass is 9.98. The number of halogens is 1. The lowest BCUT2D eigenvalue weighted by molar-refractivity contribution is -0.140. The third-order valence-corrected chi connectivity index (χ3v) is 6.37. The first-order valence-electron chi connectivity index (χ1n) is 7.99. The first-order valence-corrected chi connectivity index (χ1v) is 9.81. The molecule has 25 heavy (non-hydrogen) atoms. The van der Waals surface area contributed by atoms with Crippen LogP contribution in [0.3, 0.4) is 0 Å². The molecular weight excluding hydrogens is 362 g/mol. The van der Waals surface area contributed by atoms with Crippen LogP contribution in [0.4, 0.5) is 0 Å². The summed E-state index contributed by atoms with van der Waals surface area (Å²) in [5, 5.41) is 0.487. The van der Waals surface area contributed by atoms with Gasteiger partial charge >= 0.3 is 5.97 Å². The molecule has 0 saturated carbocycles. The van der Waals surface area contributed by atoms with Gasteiger partial charge in [-0.2, -0.15) is 4.31 Å². The van der Waals surface area contributed by atoms with E-state index in [9.17, 15) is 13.2 Å². The van der Waals surface area contributed by atoms with Crippen LogP contribution < -0.4 is 4.74 Å². The Balaban J connectivity index is 1.61. The van der Waals surface area contributed by atoms with Gasteiger partial charge in [-0.3, -0.25) is 4.79 Å². The summed E-state index contributed by atoms with van der Waals surface area (Å²) in [6, 6.07) is 15.0. The second-order valence-corrected chi connectivity index (χ2v) is 8.24. The summed E-state index contributed by atoms with van der Waals surface area (Å²) in [4.78, 5) is 12.4. The number of piperidine rings is 1. The molecule has 1 heterocycles. The zero-order valence-corrected chi connectivity index (χ0v) is 15.0. The highest BCUT2D eigenvalue weighted by atomic mass is 35.5. The summed E-state index contributed by atoms with van der Waals surface area (Å²) in [5.41, 5.74) is 0. The van der Waals surface area contributed by atoms with Crippen LogP contribution in [0.5, 0.6) is 5.75 Å². The fourth-order valence-electron chi connectivity index (χ4n) is 2.78. The number of carbonyl (C=O) groups is 1. The maximum atomic E-state index is 12.6. The van der Waals surface area contributed by atoms with Gasteiger partial charge in [-0.25, -0.2) is 8.42 Å². The molecule has 0 amide bonds. The lowest BCUT2D eigenvalue weighted by Gasteiger charge is -2.30. The fourth-order valence-corrected chi connectivity index (χ4v) is 4.37. The topological polar surface area (TPSA) is 63.7 Å². The highest BCUT2D eigenvalue weighted by Gasteiger charge is 2.32. The molecule has 0 atom stereocenters. The van der Waals surface area contributed by atoms with E-state index in [1.165, 1.54) is 16.4 Å². The zero-order chi connectivity index (χ0) is 17.9. The Labute approximate surface area is 152 Å². The number of hydrogen-bond acceptors (Lipinski definition) is 4. The minimum atomic E-state index is -3.56. The van der Waals surface area contributed by atoms with Crippen molar-refractivity contribution >= 4 is 27.6 Å². The van der Waals surface area contributed by atoms with E-state index >= 15 is 0 Å². The SMILES string of the molecule is O=C(Oc1ccccc1)C1CCN(S(=O)(=O)c2ccc(Cl)cc2)CC1. The van der Waals surface area contributed by atoms with E-state index in [2.05, 4.69) is 0 Å². The van der Waals surface area contributed by atoms with Crippen molar-refractivity contribution in [2.45, 2.75) is 17.7 Å². The van der Waals surface area contributed by atoms with E-state index in [0.29, 0.717) is 36.7 Å². The molecule has 1 fully saturated rings. The van der Waals surface area contributed by atoms with Crippen LogP contribution >= 0.6 is 11.6 Å².